The molecule has 0 atom stereocenters. The standard InChI is InChI=1S/C18H21FN4O3/c1-25-9-6-20-18(24)15-12-21-16(13-2-4-14(19)5-3-13)22-17(15)23-7-10-26-11-8-23/h2-5,12H,6-11H2,1H3,(H,20,24). The molecule has 0 spiro atoms. The number of carbonyl (C=O) groups is 1. The Kier molecular flexibility index (Phi) is 6.08. The van der Waals surface area contributed by atoms with Crippen molar-refractivity contribution in [3.63, 3.8) is 0 Å². The molecule has 8 heteroatoms. The zero-order valence-electron chi connectivity index (χ0n) is 14.6. The molecule has 1 N–H and O–H groups in total. The Morgan fingerprint density at radius 3 is 2.73 bits per heavy atom. The lowest BCUT2D eigenvalue weighted by atomic mass is 10.2. The third kappa shape index (κ3) is 4.33. The monoisotopic (exact) mass is 360 g/mol. The number of nitrogens with zero attached hydrogens (tertiary/aromatic N) is 3. The van der Waals surface area contributed by atoms with Gasteiger partial charge in [0.1, 0.15) is 17.2 Å². The number of methoxy groups -OCH3 is 1. The van der Waals surface area contributed by atoms with Crippen LogP contribution in [0.3, 0.4) is 0 Å². The van der Waals surface area contributed by atoms with Crippen LogP contribution in [0.5, 0.6) is 0 Å². The number of ether oxygens (including phenoxy) is 2. The molecule has 1 aliphatic rings. The van der Waals surface area contributed by atoms with E-state index < -0.39 is 0 Å². The van der Waals surface area contributed by atoms with E-state index in [1.54, 1.807) is 19.2 Å². The Morgan fingerprint density at radius 1 is 1.31 bits per heavy atom. The SMILES string of the molecule is COCCNC(=O)c1cnc(-c2ccc(F)cc2)nc1N1CCOCC1. The fourth-order valence-electron chi connectivity index (χ4n) is 2.65. The molecule has 0 aliphatic carbocycles. The van der Waals surface area contributed by atoms with E-state index in [0.717, 1.165) is 0 Å². The van der Waals surface area contributed by atoms with Crippen molar-refractivity contribution in [2.24, 2.45) is 0 Å². The predicted molar refractivity (Wildman–Crippen MR) is 94.7 cm³/mol. The van der Waals surface area contributed by atoms with Crippen molar-refractivity contribution in [3.05, 3.63) is 41.8 Å². The molecule has 0 saturated carbocycles. The minimum Gasteiger partial charge on any atom is -0.383 e. The number of aromatic nitrogens is 2. The third-order valence-corrected chi connectivity index (χ3v) is 4.02. The Balaban J connectivity index is 1.92. The molecular formula is C18H21FN4O3. The molecule has 1 aromatic carbocycles. The topological polar surface area (TPSA) is 76.6 Å². The highest BCUT2D eigenvalue weighted by molar-refractivity contribution is 5.98. The molecule has 0 bridgehead atoms. The number of halogens is 1. The fraction of sp³-hybridized carbons (Fsp3) is 0.389. The van der Waals surface area contributed by atoms with Crippen LogP contribution in [0.4, 0.5) is 10.2 Å². The lowest BCUT2D eigenvalue weighted by Crippen LogP contribution is -2.39. The summed E-state index contributed by atoms with van der Waals surface area (Å²) in [5.74, 6) is 0.419. The van der Waals surface area contributed by atoms with Crippen LogP contribution in [0.2, 0.25) is 0 Å². The molecule has 1 saturated heterocycles. The average Bonchev–Trinajstić information content (AvgIpc) is 2.69. The number of hydrogen-bond acceptors (Lipinski definition) is 6. The second-order valence-corrected chi connectivity index (χ2v) is 5.79. The summed E-state index contributed by atoms with van der Waals surface area (Å²) in [6.45, 7) is 3.24. The zero-order valence-corrected chi connectivity index (χ0v) is 14.6. The average molecular weight is 360 g/mol. The quantitative estimate of drug-likeness (QED) is 0.787. The highest BCUT2D eigenvalue weighted by atomic mass is 19.1. The first kappa shape index (κ1) is 18.2. The van der Waals surface area contributed by atoms with Crippen LogP contribution in [0.1, 0.15) is 10.4 Å². The maximum atomic E-state index is 13.2. The number of benzene rings is 1. The van der Waals surface area contributed by atoms with Gasteiger partial charge in [-0.25, -0.2) is 14.4 Å². The first-order valence-corrected chi connectivity index (χ1v) is 8.42. The van der Waals surface area contributed by atoms with Gasteiger partial charge in [0.2, 0.25) is 0 Å². The second-order valence-electron chi connectivity index (χ2n) is 5.79. The van der Waals surface area contributed by atoms with Gasteiger partial charge in [-0.05, 0) is 24.3 Å². The lowest BCUT2D eigenvalue weighted by molar-refractivity contribution is 0.0935. The largest absolute Gasteiger partial charge is 0.383 e. The number of anilines is 1. The Labute approximate surface area is 151 Å². The first-order valence-electron chi connectivity index (χ1n) is 8.42. The summed E-state index contributed by atoms with van der Waals surface area (Å²) >= 11 is 0. The van der Waals surface area contributed by atoms with E-state index in [-0.39, 0.29) is 11.7 Å². The molecule has 26 heavy (non-hydrogen) atoms. The summed E-state index contributed by atoms with van der Waals surface area (Å²) < 4.78 is 23.5. The van der Waals surface area contributed by atoms with Crippen molar-refractivity contribution in [2.75, 3.05) is 51.5 Å². The van der Waals surface area contributed by atoms with Crippen LogP contribution in [-0.4, -0.2) is 62.4 Å². The summed E-state index contributed by atoms with van der Waals surface area (Å²) in [5.41, 5.74) is 1.08. The first-order chi connectivity index (χ1) is 12.7. The van der Waals surface area contributed by atoms with Crippen molar-refractivity contribution in [1.82, 2.24) is 15.3 Å². The van der Waals surface area contributed by atoms with Crippen LogP contribution >= 0.6 is 0 Å². The van der Waals surface area contributed by atoms with Gasteiger partial charge in [-0.3, -0.25) is 4.79 Å². The third-order valence-electron chi connectivity index (χ3n) is 4.02. The molecule has 7 nitrogen and oxygen atoms in total. The summed E-state index contributed by atoms with van der Waals surface area (Å²) in [7, 11) is 1.58. The molecule has 138 valence electrons. The van der Waals surface area contributed by atoms with Gasteiger partial charge in [-0.15, -0.1) is 0 Å². The van der Waals surface area contributed by atoms with Crippen molar-refractivity contribution in [1.29, 1.82) is 0 Å². The van der Waals surface area contributed by atoms with E-state index in [0.29, 0.717) is 62.2 Å². The molecule has 1 aliphatic heterocycles. The van der Waals surface area contributed by atoms with Gasteiger partial charge in [0.05, 0.1) is 19.8 Å². The Hall–Kier alpha value is -2.58. The van der Waals surface area contributed by atoms with Crippen molar-refractivity contribution in [2.45, 2.75) is 0 Å². The van der Waals surface area contributed by atoms with E-state index in [1.165, 1.54) is 18.3 Å². The van der Waals surface area contributed by atoms with Gasteiger partial charge in [-0.1, -0.05) is 0 Å². The highest BCUT2D eigenvalue weighted by Gasteiger charge is 2.22. The van der Waals surface area contributed by atoms with Crippen molar-refractivity contribution < 1.29 is 18.7 Å². The Morgan fingerprint density at radius 2 is 2.04 bits per heavy atom. The number of rotatable bonds is 6. The van der Waals surface area contributed by atoms with E-state index in [9.17, 15) is 9.18 Å². The van der Waals surface area contributed by atoms with Crippen LogP contribution in [0.25, 0.3) is 11.4 Å². The van der Waals surface area contributed by atoms with Crippen LogP contribution < -0.4 is 10.2 Å². The molecular weight excluding hydrogens is 339 g/mol. The number of amides is 1. The normalized spacial score (nSPS) is 14.3. The van der Waals surface area contributed by atoms with E-state index in [2.05, 4.69) is 15.3 Å². The molecule has 0 radical (unpaired) electrons. The Bertz CT molecular complexity index is 749. The smallest absolute Gasteiger partial charge is 0.256 e. The van der Waals surface area contributed by atoms with E-state index in [1.807, 2.05) is 4.90 Å². The maximum absolute atomic E-state index is 13.2. The van der Waals surface area contributed by atoms with Gasteiger partial charge < -0.3 is 19.7 Å². The minimum absolute atomic E-state index is 0.255. The lowest BCUT2D eigenvalue weighted by Gasteiger charge is -2.29. The van der Waals surface area contributed by atoms with Crippen LogP contribution in [0.15, 0.2) is 30.5 Å². The number of carbonyl (C=O) groups excluding carboxylic acids is 1. The summed E-state index contributed by atoms with van der Waals surface area (Å²) in [5, 5.41) is 2.79. The van der Waals surface area contributed by atoms with Crippen molar-refractivity contribution >= 4 is 11.7 Å². The van der Waals surface area contributed by atoms with E-state index >= 15 is 0 Å². The molecule has 2 aromatic rings. The molecule has 0 unspecified atom stereocenters. The molecule has 1 fully saturated rings. The summed E-state index contributed by atoms with van der Waals surface area (Å²) in [6.07, 6.45) is 1.51. The summed E-state index contributed by atoms with van der Waals surface area (Å²) in [4.78, 5) is 23.4. The summed E-state index contributed by atoms with van der Waals surface area (Å²) in [6, 6.07) is 5.95. The number of hydrogen-bond donors (Lipinski definition) is 1. The fourth-order valence-corrected chi connectivity index (χ4v) is 2.65. The predicted octanol–water partition coefficient (Wildman–Crippen LogP) is 1.50. The minimum atomic E-state index is -0.323. The second kappa shape index (κ2) is 8.68. The molecule has 1 amide bonds. The molecule has 2 heterocycles. The van der Waals surface area contributed by atoms with Gasteiger partial charge in [0, 0.05) is 38.5 Å². The molecule has 3 rings (SSSR count). The highest BCUT2D eigenvalue weighted by Crippen LogP contribution is 2.23. The van der Waals surface area contributed by atoms with Gasteiger partial charge in [0.25, 0.3) is 5.91 Å². The van der Waals surface area contributed by atoms with Crippen molar-refractivity contribution in [3.8, 4) is 11.4 Å². The van der Waals surface area contributed by atoms with Gasteiger partial charge >= 0.3 is 0 Å². The maximum Gasteiger partial charge on any atom is 0.256 e. The number of morpholine rings is 1. The molecule has 1 aromatic heterocycles. The van der Waals surface area contributed by atoms with Gasteiger partial charge in [-0.2, -0.15) is 0 Å². The zero-order chi connectivity index (χ0) is 18.4. The van der Waals surface area contributed by atoms with Gasteiger partial charge in [0.15, 0.2) is 5.82 Å². The van der Waals surface area contributed by atoms with Crippen LogP contribution in [-0.2, 0) is 9.47 Å². The van der Waals surface area contributed by atoms with E-state index in [4.69, 9.17) is 9.47 Å². The number of nitrogens with one attached hydrogen (secondary N) is 1. The van der Waals surface area contributed by atoms with Crippen LogP contribution in [0, 0.1) is 5.82 Å².